The molecule has 1 amide bonds. The van der Waals surface area contributed by atoms with Crippen molar-refractivity contribution in [2.75, 3.05) is 6.61 Å². The highest BCUT2D eigenvalue weighted by molar-refractivity contribution is 5.88. The van der Waals surface area contributed by atoms with Crippen molar-refractivity contribution in [1.29, 1.82) is 0 Å². The van der Waals surface area contributed by atoms with Gasteiger partial charge in [0.1, 0.15) is 6.61 Å². The quantitative estimate of drug-likeness (QED) is 0.522. The van der Waals surface area contributed by atoms with E-state index in [-0.39, 0.29) is 19.1 Å². The van der Waals surface area contributed by atoms with E-state index in [0.717, 1.165) is 30.4 Å². The van der Waals surface area contributed by atoms with Crippen LogP contribution in [0.2, 0.25) is 0 Å². The standard InChI is InChI=1S/C26H33NO5/c1-19(29)23(24(30)32-17-21-12-6-3-7-13-21)27-25(31)26(18-28)15-9-8-14-22(26)16-20-10-4-2-5-11-20/h2-7,10-13,19,22-23,28-29H,8-9,14-18H2,1H3,(H,27,31)/t19-,22?,23+,26?/m1/s1. The van der Waals surface area contributed by atoms with Crippen LogP contribution >= 0.6 is 0 Å². The van der Waals surface area contributed by atoms with E-state index in [4.69, 9.17) is 4.74 Å². The number of carbonyl (C=O) groups excluding carboxylic acids is 2. The number of hydrogen-bond acceptors (Lipinski definition) is 5. The molecule has 0 saturated heterocycles. The first-order valence-electron chi connectivity index (χ1n) is 11.3. The Balaban J connectivity index is 1.72. The maximum absolute atomic E-state index is 13.5. The van der Waals surface area contributed by atoms with E-state index in [0.29, 0.717) is 12.8 Å². The largest absolute Gasteiger partial charge is 0.459 e. The predicted octanol–water partition coefficient (Wildman–Crippen LogP) is 3.01. The third-order valence-corrected chi connectivity index (χ3v) is 6.51. The third-order valence-electron chi connectivity index (χ3n) is 6.51. The van der Waals surface area contributed by atoms with Gasteiger partial charge in [-0.05, 0) is 43.2 Å². The van der Waals surface area contributed by atoms with Crippen LogP contribution in [0.15, 0.2) is 60.7 Å². The molecule has 0 heterocycles. The monoisotopic (exact) mass is 439 g/mol. The highest BCUT2D eigenvalue weighted by Gasteiger charge is 2.47. The highest BCUT2D eigenvalue weighted by atomic mass is 16.5. The summed E-state index contributed by atoms with van der Waals surface area (Å²) in [6.45, 7) is 1.20. The van der Waals surface area contributed by atoms with Crippen molar-refractivity contribution < 1.29 is 24.5 Å². The Labute approximate surface area is 189 Å². The lowest BCUT2D eigenvalue weighted by atomic mass is 9.64. The van der Waals surface area contributed by atoms with Gasteiger partial charge >= 0.3 is 5.97 Å². The van der Waals surface area contributed by atoms with Crippen molar-refractivity contribution in [3.63, 3.8) is 0 Å². The Morgan fingerprint density at radius 1 is 1.06 bits per heavy atom. The van der Waals surface area contributed by atoms with Crippen molar-refractivity contribution in [3.8, 4) is 0 Å². The van der Waals surface area contributed by atoms with E-state index < -0.39 is 29.4 Å². The summed E-state index contributed by atoms with van der Waals surface area (Å²) in [5.74, 6) is -1.15. The number of aliphatic hydroxyl groups is 2. The van der Waals surface area contributed by atoms with E-state index in [1.165, 1.54) is 6.92 Å². The number of hydrogen-bond donors (Lipinski definition) is 3. The van der Waals surface area contributed by atoms with E-state index in [2.05, 4.69) is 5.32 Å². The van der Waals surface area contributed by atoms with Crippen LogP contribution in [0, 0.1) is 11.3 Å². The summed E-state index contributed by atoms with van der Waals surface area (Å²) >= 11 is 0. The van der Waals surface area contributed by atoms with Crippen LogP contribution in [-0.2, 0) is 27.4 Å². The lowest BCUT2D eigenvalue weighted by Crippen LogP contribution is -2.57. The van der Waals surface area contributed by atoms with Crippen molar-refractivity contribution in [2.45, 2.75) is 57.8 Å². The molecule has 3 rings (SSSR count). The number of carbonyl (C=O) groups is 2. The zero-order valence-corrected chi connectivity index (χ0v) is 18.6. The van der Waals surface area contributed by atoms with Gasteiger partial charge in [0.2, 0.25) is 5.91 Å². The number of benzene rings is 2. The van der Waals surface area contributed by atoms with Gasteiger partial charge in [-0.2, -0.15) is 0 Å². The highest BCUT2D eigenvalue weighted by Crippen LogP contribution is 2.43. The molecule has 6 nitrogen and oxygen atoms in total. The van der Waals surface area contributed by atoms with Crippen LogP contribution in [-0.4, -0.2) is 40.8 Å². The fraction of sp³-hybridized carbons (Fsp3) is 0.462. The molecule has 4 atom stereocenters. The molecular formula is C26H33NO5. The molecule has 0 bridgehead atoms. The molecule has 1 fully saturated rings. The zero-order chi connectivity index (χ0) is 23.0. The lowest BCUT2D eigenvalue weighted by molar-refractivity contribution is -0.155. The number of rotatable bonds is 9. The Morgan fingerprint density at radius 3 is 2.28 bits per heavy atom. The van der Waals surface area contributed by atoms with Gasteiger partial charge in [-0.25, -0.2) is 4.79 Å². The summed E-state index contributed by atoms with van der Waals surface area (Å²) in [6, 6.07) is 17.9. The second-order valence-electron chi connectivity index (χ2n) is 8.73. The normalized spacial score (nSPS) is 22.5. The molecule has 0 radical (unpaired) electrons. The van der Waals surface area contributed by atoms with E-state index in [9.17, 15) is 19.8 Å². The number of aliphatic hydroxyl groups excluding tert-OH is 2. The summed E-state index contributed by atoms with van der Waals surface area (Å²) in [6.07, 6.45) is 2.72. The second kappa shape index (κ2) is 11.2. The Kier molecular flexibility index (Phi) is 8.42. The molecule has 0 spiro atoms. The van der Waals surface area contributed by atoms with Gasteiger partial charge in [-0.1, -0.05) is 73.5 Å². The van der Waals surface area contributed by atoms with E-state index in [1.807, 2.05) is 60.7 Å². The minimum Gasteiger partial charge on any atom is -0.459 e. The zero-order valence-electron chi connectivity index (χ0n) is 18.6. The first kappa shape index (κ1) is 24.0. The third kappa shape index (κ3) is 5.75. The van der Waals surface area contributed by atoms with Gasteiger partial charge in [-0.3, -0.25) is 4.79 Å². The van der Waals surface area contributed by atoms with Crippen molar-refractivity contribution in [2.24, 2.45) is 11.3 Å². The van der Waals surface area contributed by atoms with E-state index in [1.54, 1.807) is 0 Å². The summed E-state index contributed by atoms with van der Waals surface area (Å²) in [5.41, 5.74) is 0.930. The molecule has 6 heteroatoms. The van der Waals surface area contributed by atoms with Crippen molar-refractivity contribution in [3.05, 3.63) is 71.8 Å². The fourth-order valence-electron chi connectivity index (χ4n) is 4.57. The van der Waals surface area contributed by atoms with Crippen LogP contribution in [0.1, 0.15) is 43.7 Å². The maximum Gasteiger partial charge on any atom is 0.331 e. The SMILES string of the molecule is C[C@@H](O)[C@H](NC(=O)C1(CO)CCCCC1Cc1ccccc1)C(=O)OCc1ccccc1. The van der Waals surface area contributed by atoms with Gasteiger partial charge < -0.3 is 20.3 Å². The van der Waals surface area contributed by atoms with Crippen LogP contribution in [0.25, 0.3) is 0 Å². The molecule has 32 heavy (non-hydrogen) atoms. The van der Waals surface area contributed by atoms with Crippen LogP contribution < -0.4 is 5.32 Å². The molecule has 0 aliphatic heterocycles. The van der Waals surface area contributed by atoms with Crippen LogP contribution in [0.4, 0.5) is 0 Å². The predicted molar refractivity (Wildman–Crippen MR) is 121 cm³/mol. The summed E-state index contributed by atoms with van der Waals surface area (Å²) in [7, 11) is 0. The maximum atomic E-state index is 13.5. The average Bonchev–Trinajstić information content (AvgIpc) is 2.82. The summed E-state index contributed by atoms with van der Waals surface area (Å²) in [5, 5.41) is 23.3. The topological polar surface area (TPSA) is 95.9 Å². The molecule has 1 aliphatic rings. The molecule has 172 valence electrons. The number of amides is 1. The summed E-state index contributed by atoms with van der Waals surface area (Å²) in [4.78, 5) is 26.1. The molecule has 1 saturated carbocycles. The fourth-order valence-corrected chi connectivity index (χ4v) is 4.57. The van der Waals surface area contributed by atoms with Gasteiger partial charge in [0.15, 0.2) is 6.04 Å². The minimum atomic E-state index is -1.20. The van der Waals surface area contributed by atoms with Crippen LogP contribution in [0.3, 0.4) is 0 Å². The van der Waals surface area contributed by atoms with Crippen molar-refractivity contribution >= 4 is 11.9 Å². The van der Waals surface area contributed by atoms with Gasteiger partial charge in [-0.15, -0.1) is 0 Å². The van der Waals surface area contributed by atoms with Crippen LogP contribution in [0.5, 0.6) is 0 Å². The average molecular weight is 440 g/mol. The molecule has 2 aromatic rings. The lowest BCUT2D eigenvalue weighted by Gasteiger charge is -2.42. The molecule has 3 N–H and O–H groups in total. The number of nitrogens with one attached hydrogen (secondary N) is 1. The Hall–Kier alpha value is -2.70. The van der Waals surface area contributed by atoms with Gasteiger partial charge in [0.25, 0.3) is 0 Å². The molecule has 2 aromatic carbocycles. The smallest absolute Gasteiger partial charge is 0.331 e. The molecule has 1 aliphatic carbocycles. The number of esters is 1. The molecule has 2 unspecified atom stereocenters. The van der Waals surface area contributed by atoms with E-state index >= 15 is 0 Å². The first-order valence-corrected chi connectivity index (χ1v) is 11.3. The minimum absolute atomic E-state index is 0.0561. The summed E-state index contributed by atoms with van der Waals surface area (Å²) < 4.78 is 5.35. The molecule has 0 aromatic heterocycles. The number of ether oxygens (including phenoxy) is 1. The van der Waals surface area contributed by atoms with Gasteiger partial charge in [0.05, 0.1) is 18.1 Å². The Morgan fingerprint density at radius 2 is 1.69 bits per heavy atom. The van der Waals surface area contributed by atoms with Crippen molar-refractivity contribution in [1.82, 2.24) is 5.32 Å². The first-order chi connectivity index (χ1) is 15.5. The second-order valence-corrected chi connectivity index (χ2v) is 8.73. The molecular weight excluding hydrogens is 406 g/mol. The Bertz CT molecular complexity index is 870. The van der Waals surface area contributed by atoms with Gasteiger partial charge in [0, 0.05) is 0 Å².